The summed E-state index contributed by atoms with van der Waals surface area (Å²) in [5.41, 5.74) is -0.360. The molecule has 0 heterocycles. The van der Waals surface area contributed by atoms with E-state index < -0.39 is 69.2 Å². The van der Waals surface area contributed by atoms with Crippen LogP contribution in [0.5, 0.6) is 0 Å². The molecule has 0 aliphatic heterocycles. The van der Waals surface area contributed by atoms with Gasteiger partial charge in [0, 0.05) is 25.1 Å². The van der Waals surface area contributed by atoms with Crippen LogP contribution >= 0.6 is 11.6 Å². The Hall–Kier alpha value is -4.42. The molecule has 0 bridgehead atoms. The van der Waals surface area contributed by atoms with Gasteiger partial charge in [0.05, 0.1) is 21.2 Å². The number of anilines is 1. The normalized spacial score (nSPS) is 12.4. The van der Waals surface area contributed by atoms with Crippen LogP contribution in [0, 0.1) is 18.7 Å². The number of carbonyl (C=O) groups excluding carboxylic acids is 2. The third kappa shape index (κ3) is 9.60. The number of benzene rings is 4. The quantitative estimate of drug-likeness (QED) is 0.146. The summed E-state index contributed by atoms with van der Waals surface area (Å²) in [7, 11) is -4.68. The van der Waals surface area contributed by atoms with E-state index >= 15 is 4.39 Å². The van der Waals surface area contributed by atoms with Crippen molar-refractivity contribution >= 4 is 39.1 Å². The van der Waals surface area contributed by atoms with Gasteiger partial charge in [0.25, 0.3) is 10.0 Å². The lowest BCUT2D eigenvalue weighted by Crippen LogP contribution is -2.53. The second-order valence-corrected chi connectivity index (χ2v) is 14.2. The van der Waals surface area contributed by atoms with Crippen LogP contribution in [0.25, 0.3) is 0 Å². The number of rotatable bonds is 13. The van der Waals surface area contributed by atoms with Gasteiger partial charge in [-0.2, -0.15) is 13.2 Å². The third-order valence-electron chi connectivity index (χ3n) is 7.69. The summed E-state index contributed by atoms with van der Waals surface area (Å²) in [6.45, 7) is 4.28. The summed E-state index contributed by atoms with van der Waals surface area (Å²) in [6.07, 6.45) is -4.96. The maximum atomic E-state index is 15.1. The van der Waals surface area contributed by atoms with Crippen LogP contribution in [0.3, 0.4) is 0 Å². The SMILES string of the molecule is Cc1ccc(S(=O)(=O)N(CC(=O)N(Cc2ccccc2F)[C@H](Cc2ccccc2)C(=O)NCC(C)C)c2ccc(Cl)c(C(F)(F)F)c2)cc1. The van der Waals surface area contributed by atoms with Crippen molar-refractivity contribution in [2.75, 3.05) is 17.4 Å². The third-order valence-corrected chi connectivity index (χ3v) is 9.80. The number of sulfonamides is 1. The highest BCUT2D eigenvalue weighted by molar-refractivity contribution is 7.92. The summed E-state index contributed by atoms with van der Waals surface area (Å²) in [4.78, 5) is 29.1. The molecule has 4 rings (SSSR count). The fourth-order valence-electron chi connectivity index (χ4n) is 5.04. The maximum Gasteiger partial charge on any atom is 0.417 e. The van der Waals surface area contributed by atoms with Crippen molar-refractivity contribution < 1.29 is 35.6 Å². The molecule has 0 aromatic heterocycles. The molecule has 13 heteroatoms. The first-order chi connectivity index (χ1) is 23.1. The number of hydrogen-bond donors (Lipinski definition) is 1. The zero-order valence-electron chi connectivity index (χ0n) is 27.0. The smallest absolute Gasteiger partial charge is 0.354 e. The highest BCUT2D eigenvalue weighted by Crippen LogP contribution is 2.38. The first-order valence-corrected chi connectivity index (χ1v) is 17.2. The minimum atomic E-state index is -4.94. The first kappa shape index (κ1) is 37.4. The van der Waals surface area contributed by atoms with Gasteiger partial charge in [0.1, 0.15) is 18.4 Å². The molecule has 0 aliphatic carbocycles. The molecule has 0 aliphatic rings. The summed E-state index contributed by atoms with van der Waals surface area (Å²) in [5.74, 6) is -2.15. The fraction of sp³-hybridized carbons (Fsp3) is 0.278. The number of carbonyl (C=O) groups is 2. The lowest BCUT2D eigenvalue weighted by atomic mass is 10.0. The largest absolute Gasteiger partial charge is 0.417 e. The molecule has 4 aromatic rings. The van der Waals surface area contributed by atoms with Gasteiger partial charge in [-0.05, 0) is 54.8 Å². The highest BCUT2D eigenvalue weighted by atomic mass is 35.5. The van der Waals surface area contributed by atoms with E-state index in [0.29, 0.717) is 15.9 Å². The lowest BCUT2D eigenvalue weighted by Gasteiger charge is -2.34. The van der Waals surface area contributed by atoms with Gasteiger partial charge in [-0.15, -0.1) is 0 Å². The standard InChI is InChI=1S/C36H36ClF4N3O4S/c1-24(2)21-42-35(46)33(19-26-9-5-4-6-10-26)43(22-27-11-7-8-12-32(27)38)34(45)23-44(49(47,48)29-16-13-25(3)14-17-29)28-15-18-31(37)30(20-28)36(39,40)41/h4-18,20,24,33H,19,21-23H2,1-3H3,(H,42,46)/t33-/m1/s1. The Morgan fingerprint density at radius 3 is 2.14 bits per heavy atom. The van der Waals surface area contributed by atoms with E-state index in [-0.39, 0.29) is 29.3 Å². The Balaban J connectivity index is 1.87. The lowest BCUT2D eigenvalue weighted by molar-refractivity contribution is -0.140. The van der Waals surface area contributed by atoms with Crippen molar-refractivity contribution in [3.63, 3.8) is 0 Å². The van der Waals surface area contributed by atoms with Gasteiger partial charge in [0.15, 0.2) is 0 Å². The molecule has 1 atom stereocenters. The Kier molecular flexibility index (Phi) is 12.1. The average Bonchev–Trinajstić information content (AvgIpc) is 3.05. The molecule has 0 saturated carbocycles. The van der Waals surface area contributed by atoms with Crippen LogP contribution in [0.15, 0.2) is 102 Å². The van der Waals surface area contributed by atoms with E-state index in [0.717, 1.165) is 22.6 Å². The second kappa shape index (κ2) is 15.9. The van der Waals surface area contributed by atoms with E-state index in [4.69, 9.17) is 11.6 Å². The van der Waals surface area contributed by atoms with E-state index in [1.54, 1.807) is 43.3 Å². The number of amides is 2. The van der Waals surface area contributed by atoms with Crippen molar-refractivity contribution in [1.82, 2.24) is 10.2 Å². The topological polar surface area (TPSA) is 86.8 Å². The monoisotopic (exact) mass is 717 g/mol. The summed E-state index contributed by atoms with van der Waals surface area (Å²) >= 11 is 5.86. The highest BCUT2D eigenvalue weighted by Gasteiger charge is 2.38. The molecule has 7 nitrogen and oxygen atoms in total. The van der Waals surface area contributed by atoms with Gasteiger partial charge >= 0.3 is 6.18 Å². The molecule has 0 spiro atoms. The molecule has 0 unspecified atom stereocenters. The Bertz CT molecular complexity index is 1870. The van der Waals surface area contributed by atoms with Crippen molar-refractivity contribution in [1.29, 1.82) is 0 Å². The summed E-state index contributed by atoms with van der Waals surface area (Å²) in [6, 6.07) is 21.2. The summed E-state index contributed by atoms with van der Waals surface area (Å²) in [5, 5.41) is 2.15. The molecule has 0 saturated heterocycles. The molecular formula is C36H36ClF4N3O4S. The zero-order valence-corrected chi connectivity index (χ0v) is 28.6. The van der Waals surface area contributed by atoms with Crippen LogP contribution in [0.1, 0.15) is 36.1 Å². The van der Waals surface area contributed by atoms with E-state index in [9.17, 15) is 31.2 Å². The van der Waals surface area contributed by atoms with E-state index in [2.05, 4.69) is 5.32 Å². The zero-order chi connectivity index (χ0) is 35.9. The van der Waals surface area contributed by atoms with Gasteiger partial charge in [-0.3, -0.25) is 13.9 Å². The fourth-order valence-corrected chi connectivity index (χ4v) is 6.67. The van der Waals surface area contributed by atoms with Crippen molar-refractivity contribution in [2.24, 2.45) is 5.92 Å². The van der Waals surface area contributed by atoms with E-state index in [1.807, 2.05) is 13.8 Å². The predicted octanol–water partition coefficient (Wildman–Crippen LogP) is 7.41. The number of nitrogens with zero attached hydrogens (tertiary/aromatic N) is 2. The first-order valence-electron chi connectivity index (χ1n) is 15.4. The van der Waals surface area contributed by atoms with E-state index in [1.165, 1.54) is 42.5 Å². The minimum absolute atomic E-state index is 0.0190. The van der Waals surface area contributed by atoms with Crippen LogP contribution in [-0.4, -0.2) is 44.3 Å². The number of halogens is 5. The molecule has 1 N–H and O–H groups in total. The van der Waals surface area contributed by atoms with Crippen LogP contribution < -0.4 is 9.62 Å². The van der Waals surface area contributed by atoms with Crippen LogP contribution in [0.4, 0.5) is 23.2 Å². The van der Waals surface area contributed by atoms with Crippen molar-refractivity contribution in [3.05, 3.63) is 130 Å². The molecule has 49 heavy (non-hydrogen) atoms. The molecule has 260 valence electrons. The Morgan fingerprint density at radius 1 is 0.898 bits per heavy atom. The summed E-state index contributed by atoms with van der Waals surface area (Å²) < 4.78 is 85.7. The Labute approximate surface area is 288 Å². The van der Waals surface area contributed by atoms with Crippen molar-refractivity contribution in [2.45, 2.75) is 50.9 Å². The molecule has 2 amide bonds. The maximum absolute atomic E-state index is 15.1. The molecule has 4 aromatic carbocycles. The van der Waals surface area contributed by atoms with Crippen molar-refractivity contribution in [3.8, 4) is 0 Å². The number of alkyl halides is 3. The second-order valence-electron chi connectivity index (χ2n) is 11.9. The predicted molar refractivity (Wildman–Crippen MR) is 181 cm³/mol. The molecular weight excluding hydrogens is 682 g/mol. The number of aryl methyl sites for hydroxylation is 1. The molecule has 0 fully saturated rings. The number of hydrogen-bond acceptors (Lipinski definition) is 4. The van der Waals surface area contributed by atoms with Gasteiger partial charge in [-0.1, -0.05) is 91.7 Å². The Morgan fingerprint density at radius 2 is 1.53 bits per heavy atom. The van der Waals surface area contributed by atoms with Crippen LogP contribution in [-0.2, 0) is 38.8 Å². The minimum Gasteiger partial charge on any atom is -0.354 e. The van der Waals surface area contributed by atoms with Gasteiger partial charge in [0.2, 0.25) is 11.8 Å². The van der Waals surface area contributed by atoms with Gasteiger partial charge in [-0.25, -0.2) is 12.8 Å². The number of nitrogens with one attached hydrogen (secondary N) is 1. The molecule has 0 radical (unpaired) electrons. The van der Waals surface area contributed by atoms with Crippen LogP contribution in [0.2, 0.25) is 5.02 Å². The average molecular weight is 718 g/mol. The van der Waals surface area contributed by atoms with Gasteiger partial charge < -0.3 is 10.2 Å².